The fraction of sp³-hybridized carbons (Fsp3) is 0.455. The van der Waals surface area contributed by atoms with Gasteiger partial charge in [-0.25, -0.2) is 8.42 Å². The molecule has 0 spiro atoms. The van der Waals surface area contributed by atoms with E-state index in [1.807, 2.05) is 0 Å². The number of hydrogen-bond acceptors (Lipinski definition) is 3. The first-order chi connectivity index (χ1) is 8.43. The average molecular weight is 329 g/mol. The van der Waals surface area contributed by atoms with E-state index in [2.05, 4.69) is 5.32 Å². The van der Waals surface area contributed by atoms with Gasteiger partial charge >= 0.3 is 0 Å². The zero-order valence-corrected chi connectivity index (χ0v) is 12.5. The van der Waals surface area contributed by atoms with E-state index in [1.54, 1.807) is 0 Å². The number of rotatable bonds is 2. The molecule has 0 amide bonds. The number of nitrogens with one attached hydrogen (secondary N) is 1. The van der Waals surface area contributed by atoms with Gasteiger partial charge < -0.3 is 5.32 Å². The Morgan fingerprint density at radius 1 is 1.17 bits per heavy atom. The van der Waals surface area contributed by atoms with Gasteiger partial charge in [0.2, 0.25) is 0 Å². The summed E-state index contributed by atoms with van der Waals surface area (Å²) in [5.41, 5.74) is 0. The Morgan fingerprint density at radius 2 is 1.78 bits per heavy atom. The fourth-order valence-corrected chi connectivity index (χ4v) is 4.46. The molecule has 1 heterocycles. The van der Waals surface area contributed by atoms with Gasteiger partial charge in [0.25, 0.3) is 0 Å². The third kappa shape index (κ3) is 2.78. The maximum atomic E-state index is 12.4. The van der Waals surface area contributed by atoms with E-state index in [-0.39, 0.29) is 20.0 Å². The van der Waals surface area contributed by atoms with Crippen LogP contribution in [-0.4, -0.2) is 26.8 Å². The van der Waals surface area contributed by atoms with E-state index in [0.717, 1.165) is 13.0 Å². The summed E-state index contributed by atoms with van der Waals surface area (Å²) in [6.07, 6.45) is 1.49. The van der Waals surface area contributed by atoms with Crippen molar-refractivity contribution in [3.05, 3.63) is 27.2 Å². The molecule has 0 aliphatic carbocycles. The molecule has 0 aromatic heterocycles. The highest BCUT2D eigenvalue weighted by Gasteiger charge is 2.29. The Bertz CT molecular complexity index is 530. The molecule has 1 aromatic carbocycles. The first-order valence-corrected chi connectivity index (χ1v) is 8.20. The first-order valence-electron chi connectivity index (χ1n) is 5.52. The van der Waals surface area contributed by atoms with Gasteiger partial charge in [-0.3, -0.25) is 0 Å². The molecule has 1 aromatic rings. The predicted octanol–water partition coefficient (Wildman–Crippen LogP) is 3.17. The molecule has 1 saturated heterocycles. The summed E-state index contributed by atoms with van der Waals surface area (Å²) in [6.45, 7) is 1.31. The van der Waals surface area contributed by atoms with Crippen LogP contribution in [0.2, 0.25) is 15.1 Å². The van der Waals surface area contributed by atoms with Gasteiger partial charge in [-0.05, 0) is 31.5 Å². The van der Waals surface area contributed by atoms with E-state index >= 15 is 0 Å². The Labute approximate surface area is 121 Å². The molecule has 1 aliphatic rings. The largest absolute Gasteiger partial charge is 0.315 e. The zero-order chi connectivity index (χ0) is 13.3. The van der Waals surface area contributed by atoms with Crippen LogP contribution in [-0.2, 0) is 9.84 Å². The van der Waals surface area contributed by atoms with E-state index in [0.29, 0.717) is 13.0 Å². The molecule has 1 N–H and O–H groups in total. The maximum absolute atomic E-state index is 12.4. The van der Waals surface area contributed by atoms with Gasteiger partial charge in [-0.1, -0.05) is 34.8 Å². The Morgan fingerprint density at radius 3 is 2.28 bits per heavy atom. The lowest BCUT2D eigenvalue weighted by Gasteiger charge is -2.23. The van der Waals surface area contributed by atoms with Crippen molar-refractivity contribution in [2.75, 3.05) is 13.1 Å². The van der Waals surface area contributed by atoms with Gasteiger partial charge in [0.1, 0.15) is 0 Å². The number of sulfone groups is 1. The van der Waals surface area contributed by atoms with Crippen LogP contribution in [0.1, 0.15) is 12.8 Å². The molecule has 1 unspecified atom stereocenters. The van der Waals surface area contributed by atoms with Crippen molar-refractivity contribution in [3.63, 3.8) is 0 Å². The first kappa shape index (κ1) is 14.4. The second-order valence-electron chi connectivity index (χ2n) is 4.21. The minimum Gasteiger partial charge on any atom is -0.315 e. The van der Waals surface area contributed by atoms with E-state index in [4.69, 9.17) is 34.8 Å². The topological polar surface area (TPSA) is 46.2 Å². The quantitative estimate of drug-likeness (QED) is 0.848. The zero-order valence-electron chi connectivity index (χ0n) is 9.42. The molecular weight excluding hydrogens is 317 g/mol. The molecule has 1 fully saturated rings. The summed E-state index contributed by atoms with van der Waals surface area (Å²) in [5.74, 6) is 0. The molecule has 2 rings (SSSR count). The summed E-state index contributed by atoms with van der Waals surface area (Å²) in [6, 6.07) is 2.72. The van der Waals surface area contributed by atoms with Crippen LogP contribution >= 0.6 is 34.8 Å². The molecule has 0 radical (unpaired) electrons. The lowest BCUT2D eigenvalue weighted by molar-refractivity contribution is 0.497. The maximum Gasteiger partial charge on any atom is 0.182 e. The van der Waals surface area contributed by atoms with Gasteiger partial charge in [-0.15, -0.1) is 0 Å². The highest BCUT2D eigenvalue weighted by atomic mass is 35.5. The molecule has 1 atom stereocenters. The van der Waals surface area contributed by atoms with Crippen molar-refractivity contribution in [1.82, 2.24) is 5.32 Å². The third-order valence-electron chi connectivity index (χ3n) is 2.98. The SMILES string of the molecule is O=S(=O)(c1cc(Cl)c(Cl)c(Cl)c1)C1CCCNC1. The predicted molar refractivity (Wildman–Crippen MR) is 74.5 cm³/mol. The summed E-state index contributed by atoms with van der Waals surface area (Å²) >= 11 is 17.5. The summed E-state index contributed by atoms with van der Waals surface area (Å²) < 4.78 is 24.8. The van der Waals surface area contributed by atoms with Crippen molar-refractivity contribution in [2.45, 2.75) is 23.0 Å². The molecule has 1 aliphatic heterocycles. The molecule has 7 heteroatoms. The van der Waals surface area contributed by atoms with Crippen LogP contribution in [0.25, 0.3) is 0 Å². The highest BCUT2D eigenvalue weighted by Crippen LogP contribution is 2.34. The Balaban J connectivity index is 2.41. The number of benzene rings is 1. The van der Waals surface area contributed by atoms with E-state index in [9.17, 15) is 8.42 Å². The molecule has 100 valence electrons. The van der Waals surface area contributed by atoms with Crippen molar-refractivity contribution < 1.29 is 8.42 Å². The molecular formula is C11H12Cl3NO2S. The van der Waals surface area contributed by atoms with Crippen molar-refractivity contribution in [3.8, 4) is 0 Å². The lowest BCUT2D eigenvalue weighted by Crippen LogP contribution is -2.38. The summed E-state index contributed by atoms with van der Waals surface area (Å²) in [7, 11) is -3.41. The van der Waals surface area contributed by atoms with Crippen molar-refractivity contribution >= 4 is 44.6 Å². The third-order valence-corrected chi connectivity index (χ3v) is 6.35. The number of halogens is 3. The standard InChI is InChI=1S/C11H12Cl3NO2S/c12-9-4-8(5-10(13)11(9)14)18(16,17)7-2-1-3-15-6-7/h4-5,7,15H,1-3,6H2. The number of piperidine rings is 1. The van der Waals surface area contributed by atoms with Crippen LogP contribution in [0.3, 0.4) is 0 Å². The van der Waals surface area contributed by atoms with Crippen molar-refractivity contribution in [2.24, 2.45) is 0 Å². The molecule has 3 nitrogen and oxygen atoms in total. The van der Waals surface area contributed by atoms with Crippen molar-refractivity contribution in [1.29, 1.82) is 0 Å². The monoisotopic (exact) mass is 327 g/mol. The van der Waals surface area contributed by atoms with Gasteiger partial charge in [0, 0.05) is 6.54 Å². The van der Waals surface area contributed by atoms with Crippen LogP contribution in [0.15, 0.2) is 17.0 Å². The second-order valence-corrected chi connectivity index (χ2v) is 7.63. The van der Waals surface area contributed by atoms with E-state index < -0.39 is 15.1 Å². The summed E-state index contributed by atoms with van der Waals surface area (Å²) in [5, 5.41) is 3.15. The minimum absolute atomic E-state index is 0.135. The van der Waals surface area contributed by atoms with E-state index in [1.165, 1.54) is 12.1 Å². The smallest absolute Gasteiger partial charge is 0.182 e. The average Bonchev–Trinajstić information content (AvgIpc) is 2.36. The normalized spacial score (nSPS) is 20.9. The van der Waals surface area contributed by atoms with Gasteiger partial charge in [-0.2, -0.15) is 0 Å². The number of hydrogen-bond donors (Lipinski definition) is 1. The van der Waals surface area contributed by atoms with Crippen LogP contribution in [0.5, 0.6) is 0 Å². The van der Waals surface area contributed by atoms with Crippen LogP contribution < -0.4 is 5.32 Å². The second kappa shape index (κ2) is 5.55. The van der Waals surface area contributed by atoms with Crippen LogP contribution in [0.4, 0.5) is 0 Å². The lowest BCUT2D eigenvalue weighted by atomic mass is 10.2. The molecule has 0 saturated carbocycles. The molecule has 18 heavy (non-hydrogen) atoms. The van der Waals surface area contributed by atoms with Gasteiger partial charge in [0.05, 0.1) is 25.2 Å². The fourth-order valence-electron chi connectivity index (χ4n) is 1.97. The highest BCUT2D eigenvalue weighted by molar-refractivity contribution is 7.92. The van der Waals surface area contributed by atoms with Crippen LogP contribution in [0, 0.1) is 0 Å². The summed E-state index contributed by atoms with van der Waals surface area (Å²) in [4.78, 5) is 0.135. The Hall–Kier alpha value is -0.000000000000000132. The molecule has 0 bridgehead atoms. The minimum atomic E-state index is -3.41. The van der Waals surface area contributed by atoms with Gasteiger partial charge in [0.15, 0.2) is 9.84 Å². The Kier molecular flexibility index (Phi) is 4.44.